The Morgan fingerprint density at radius 1 is 1.52 bits per heavy atom. The fourth-order valence-corrected chi connectivity index (χ4v) is 3.17. The van der Waals surface area contributed by atoms with Crippen LogP contribution in [0.5, 0.6) is 5.75 Å². The third-order valence-corrected chi connectivity index (χ3v) is 4.53. The van der Waals surface area contributed by atoms with Crippen LogP contribution in [-0.2, 0) is 0 Å². The van der Waals surface area contributed by atoms with Gasteiger partial charge >= 0.3 is 0 Å². The Labute approximate surface area is 134 Å². The summed E-state index contributed by atoms with van der Waals surface area (Å²) in [5, 5.41) is 13.5. The van der Waals surface area contributed by atoms with Gasteiger partial charge in [0.2, 0.25) is 0 Å². The normalized spacial score (nSPS) is 22.3. The van der Waals surface area contributed by atoms with Gasteiger partial charge in [0.25, 0.3) is 5.91 Å². The monoisotopic (exact) mass is 354 g/mol. The second kappa shape index (κ2) is 7.27. The molecular formula is C16H23BrN2O2. The standard InChI is InChI=1S/C16H23BrN2O2/c1-3-7-18-14-6-8-19(10-11(14)2)16(21)13-5-4-12(17)9-15(13)20/h4-5,9,11,14,18,20H,3,6-8,10H2,1-2H3. The smallest absolute Gasteiger partial charge is 0.257 e. The molecule has 0 radical (unpaired) electrons. The van der Waals surface area contributed by atoms with Gasteiger partial charge in [0.15, 0.2) is 0 Å². The zero-order valence-electron chi connectivity index (χ0n) is 12.6. The maximum absolute atomic E-state index is 12.5. The molecule has 21 heavy (non-hydrogen) atoms. The molecule has 1 aliphatic heterocycles. The van der Waals surface area contributed by atoms with E-state index in [1.807, 2.05) is 4.90 Å². The molecule has 0 aromatic heterocycles. The number of amides is 1. The molecule has 1 heterocycles. The van der Waals surface area contributed by atoms with E-state index in [1.165, 1.54) is 0 Å². The minimum atomic E-state index is -0.0826. The van der Waals surface area contributed by atoms with Gasteiger partial charge in [0.1, 0.15) is 5.75 Å². The summed E-state index contributed by atoms with van der Waals surface area (Å²) in [6.45, 7) is 6.83. The van der Waals surface area contributed by atoms with Gasteiger partial charge in [-0.1, -0.05) is 29.8 Å². The molecule has 1 saturated heterocycles. The zero-order valence-corrected chi connectivity index (χ0v) is 14.2. The third kappa shape index (κ3) is 3.98. The Morgan fingerprint density at radius 3 is 2.90 bits per heavy atom. The van der Waals surface area contributed by atoms with Crippen molar-refractivity contribution in [2.24, 2.45) is 5.92 Å². The number of rotatable bonds is 4. The van der Waals surface area contributed by atoms with Crippen LogP contribution in [0.15, 0.2) is 22.7 Å². The van der Waals surface area contributed by atoms with E-state index in [-0.39, 0.29) is 11.7 Å². The summed E-state index contributed by atoms with van der Waals surface area (Å²) in [6, 6.07) is 5.50. The Hall–Kier alpha value is -1.07. The molecule has 4 nitrogen and oxygen atoms in total. The molecule has 1 amide bonds. The van der Waals surface area contributed by atoms with Crippen LogP contribution in [-0.4, -0.2) is 41.6 Å². The average Bonchev–Trinajstić information content (AvgIpc) is 2.45. The minimum Gasteiger partial charge on any atom is -0.507 e. The highest BCUT2D eigenvalue weighted by Crippen LogP contribution is 2.26. The first-order valence-electron chi connectivity index (χ1n) is 7.54. The summed E-state index contributed by atoms with van der Waals surface area (Å²) in [5.74, 6) is 0.376. The molecule has 5 heteroatoms. The molecule has 0 saturated carbocycles. The zero-order chi connectivity index (χ0) is 15.4. The largest absolute Gasteiger partial charge is 0.507 e. The molecule has 1 aromatic rings. The van der Waals surface area contributed by atoms with Crippen molar-refractivity contribution < 1.29 is 9.90 Å². The molecular weight excluding hydrogens is 332 g/mol. The van der Waals surface area contributed by atoms with E-state index >= 15 is 0 Å². The van der Waals surface area contributed by atoms with E-state index in [2.05, 4.69) is 35.1 Å². The number of hydrogen-bond acceptors (Lipinski definition) is 3. The molecule has 2 atom stereocenters. The van der Waals surface area contributed by atoms with Crippen LogP contribution in [0, 0.1) is 5.92 Å². The van der Waals surface area contributed by atoms with Crippen molar-refractivity contribution in [3.05, 3.63) is 28.2 Å². The van der Waals surface area contributed by atoms with E-state index < -0.39 is 0 Å². The van der Waals surface area contributed by atoms with Crippen molar-refractivity contribution in [2.45, 2.75) is 32.7 Å². The lowest BCUT2D eigenvalue weighted by Crippen LogP contribution is -2.50. The van der Waals surface area contributed by atoms with Gasteiger partial charge in [-0.2, -0.15) is 0 Å². The number of piperidine rings is 1. The SMILES string of the molecule is CCCNC1CCN(C(=O)c2ccc(Br)cc2O)CC1C. The van der Waals surface area contributed by atoms with Gasteiger partial charge in [0, 0.05) is 23.6 Å². The fraction of sp³-hybridized carbons (Fsp3) is 0.562. The van der Waals surface area contributed by atoms with Crippen molar-refractivity contribution in [1.29, 1.82) is 0 Å². The number of nitrogens with one attached hydrogen (secondary N) is 1. The van der Waals surface area contributed by atoms with E-state index in [4.69, 9.17) is 0 Å². The first-order chi connectivity index (χ1) is 10.0. The Morgan fingerprint density at radius 2 is 2.29 bits per heavy atom. The summed E-state index contributed by atoms with van der Waals surface area (Å²) < 4.78 is 0.771. The van der Waals surface area contributed by atoms with Gasteiger partial charge < -0.3 is 15.3 Å². The van der Waals surface area contributed by atoms with Gasteiger partial charge in [0.05, 0.1) is 5.56 Å². The maximum Gasteiger partial charge on any atom is 0.257 e. The molecule has 2 rings (SSSR count). The highest BCUT2D eigenvalue weighted by molar-refractivity contribution is 9.10. The highest BCUT2D eigenvalue weighted by atomic mass is 79.9. The maximum atomic E-state index is 12.5. The Kier molecular flexibility index (Phi) is 5.65. The number of aromatic hydroxyl groups is 1. The molecule has 116 valence electrons. The predicted octanol–water partition coefficient (Wildman–Crippen LogP) is 3.00. The van der Waals surface area contributed by atoms with Gasteiger partial charge in [-0.05, 0) is 43.5 Å². The molecule has 2 unspecified atom stereocenters. The number of halogens is 1. The van der Waals surface area contributed by atoms with Gasteiger partial charge in [-0.15, -0.1) is 0 Å². The van der Waals surface area contributed by atoms with Crippen LogP contribution in [0.1, 0.15) is 37.0 Å². The van der Waals surface area contributed by atoms with E-state index in [9.17, 15) is 9.90 Å². The number of nitrogens with zero attached hydrogens (tertiary/aromatic N) is 1. The van der Waals surface area contributed by atoms with Crippen molar-refractivity contribution in [2.75, 3.05) is 19.6 Å². The molecule has 1 aliphatic rings. The van der Waals surface area contributed by atoms with E-state index in [1.54, 1.807) is 18.2 Å². The summed E-state index contributed by atoms with van der Waals surface area (Å²) in [4.78, 5) is 14.4. The van der Waals surface area contributed by atoms with Crippen LogP contribution in [0.3, 0.4) is 0 Å². The number of hydrogen-bond donors (Lipinski definition) is 2. The summed E-state index contributed by atoms with van der Waals surface area (Å²) in [7, 11) is 0. The number of likely N-dealkylation sites (tertiary alicyclic amines) is 1. The number of phenolic OH excluding ortho intramolecular Hbond substituents is 1. The molecule has 0 bridgehead atoms. The van der Waals surface area contributed by atoms with Crippen LogP contribution in [0.2, 0.25) is 0 Å². The summed E-state index contributed by atoms with van der Waals surface area (Å²) >= 11 is 3.29. The molecule has 2 N–H and O–H groups in total. The Bertz CT molecular complexity index is 507. The minimum absolute atomic E-state index is 0.0354. The number of carbonyl (C=O) groups excluding carboxylic acids is 1. The third-order valence-electron chi connectivity index (χ3n) is 4.04. The first kappa shape index (κ1) is 16.3. The molecule has 1 fully saturated rings. The molecule has 0 aliphatic carbocycles. The molecule has 0 spiro atoms. The quantitative estimate of drug-likeness (QED) is 0.873. The predicted molar refractivity (Wildman–Crippen MR) is 87.6 cm³/mol. The van der Waals surface area contributed by atoms with Crippen molar-refractivity contribution in [3.8, 4) is 5.75 Å². The van der Waals surface area contributed by atoms with Gasteiger partial charge in [-0.3, -0.25) is 4.79 Å². The number of benzene rings is 1. The lowest BCUT2D eigenvalue weighted by Gasteiger charge is -2.37. The van der Waals surface area contributed by atoms with Crippen LogP contribution in [0.4, 0.5) is 0 Å². The highest BCUT2D eigenvalue weighted by Gasteiger charge is 2.29. The second-order valence-electron chi connectivity index (χ2n) is 5.74. The van der Waals surface area contributed by atoms with Crippen molar-refractivity contribution in [3.63, 3.8) is 0 Å². The lowest BCUT2D eigenvalue weighted by atomic mass is 9.93. The fourth-order valence-electron chi connectivity index (χ4n) is 2.82. The van der Waals surface area contributed by atoms with Crippen LogP contribution in [0.25, 0.3) is 0 Å². The van der Waals surface area contributed by atoms with Crippen LogP contribution < -0.4 is 5.32 Å². The van der Waals surface area contributed by atoms with E-state index in [0.717, 1.165) is 36.9 Å². The lowest BCUT2D eigenvalue weighted by molar-refractivity contribution is 0.0642. The average molecular weight is 355 g/mol. The molecule has 1 aromatic carbocycles. The number of phenols is 1. The summed E-state index contributed by atoms with van der Waals surface area (Å²) in [5.41, 5.74) is 0.380. The first-order valence-corrected chi connectivity index (χ1v) is 8.33. The van der Waals surface area contributed by atoms with Gasteiger partial charge in [-0.25, -0.2) is 0 Å². The topological polar surface area (TPSA) is 52.6 Å². The van der Waals surface area contributed by atoms with Crippen LogP contribution >= 0.6 is 15.9 Å². The van der Waals surface area contributed by atoms with Crippen molar-refractivity contribution >= 4 is 21.8 Å². The van der Waals surface area contributed by atoms with Crippen molar-refractivity contribution in [1.82, 2.24) is 10.2 Å². The Balaban J connectivity index is 2.02. The second-order valence-corrected chi connectivity index (χ2v) is 6.65. The number of carbonyl (C=O) groups is 1. The summed E-state index contributed by atoms with van der Waals surface area (Å²) in [6.07, 6.45) is 2.09. The van der Waals surface area contributed by atoms with E-state index in [0.29, 0.717) is 17.5 Å².